The second-order valence-electron chi connectivity index (χ2n) is 6.84. The van der Waals surface area contributed by atoms with Crippen molar-refractivity contribution in [3.63, 3.8) is 0 Å². The summed E-state index contributed by atoms with van der Waals surface area (Å²) < 4.78 is 9.97. The van der Waals surface area contributed by atoms with Crippen molar-refractivity contribution in [3.05, 3.63) is 57.6 Å². The summed E-state index contributed by atoms with van der Waals surface area (Å²) in [4.78, 5) is 38.1. The van der Waals surface area contributed by atoms with Gasteiger partial charge in [0.1, 0.15) is 11.5 Å². The van der Waals surface area contributed by atoms with Crippen molar-refractivity contribution < 1.29 is 34.2 Å². The molecule has 0 atom stereocenters. The molecule has 1 heterocycles. The minimum absolute atomic E-state index is 0.00842. The third kappa shape index (κ3) is 4.75. The first-order chi connectivity index (χ1) is 15.2. The van der Waals surface area contributed by atoms with Crippen molar-refractivity contribution in [2.45, 2.75) is 13.5 Å². The summed E-state index contributed by atoms with van der Waals surface area (Å²) in [5.74, 6) is -2.01. The molecule has 2 aromatic rings. The van der Waals surface area contributed by atoms with Gasteiger partial charge >= 0.3 is 5.97 Å². The highest BCUT2D eigenvalue weighted by Gasteiger charge is 2.30. The largest absolute Gasteiger partial charge is 0.507 e. The number of nitrogens with zero attached hydrogens (tertiary/aromatic N) is 2. The molecule has 3 rings (SSSR count). The molecule has 32 heavy (non-hydrogen) atoms. The highest BCUT2D eigenvalue weighted by atomic mass is 35.5. The normalized spacial score (nSPS) is 13.1. The number of amidine groups is 1. The summed E-state index contributed by atoms with van der Waals surface area (Å²) in [6, 6.07) is 7.02. The lowest BCUT2D eigenvalue weighted by Crippen LogP contribution is -2.30. The van der Waals surface area contributed by atoms with Gasteiger partial charge in [0.2, 0.25) is 0 Å². The fourth-order valence-corrected chi connectivity index (χ4v) is 3.42. The fourth-order valence-electron chi connectivity index (χ4n) is 3.20. The molecule has 0 aliphatic carbocycles. The number of carbonyl (C=O) groups is 3. The lowest BCUT2D eigenvalue weighted by molar-refractivity contribution is -0.145. The Balaban J connectivity index is 1.72. The number of Topliss-reactive ketones (excluding diaryl/α,β-unsaturated/α-hetero) is 1. The first-order valence-corrected chi connectivity index (χ1v) is 9.87. The van der Waals surface area contributed by atoms with Crippen LogP contribution in [0, 0.1) is 0 Å². The number of nitrogens with two attached hydrogens (primary N) is 1. The number of esters is 1. The number of halogens is 1. The number of ether oxygens (including phenoxy) is 2. The van der Waals surface area contributed by atoms with Crippen LogP contribution in [0.4, 0.5) is 0 Å². The van der Waals surface area contributed by atoms with Gasteiger partial charge in [0.15, 0.2) is 18.2 Å². The van der Waals surface area contributed by atoms with E-state index in [0.717, 1.165) is 6.07 Å². The molecule has 11 heteroatoms. The van der Waals surface area contributed by atoms with E-state index in [1.807, 2.05) is 0 Å². The highest BCUT2D eigenvalue weighted by molar-refractivity contribution is 6.32. The Labute approximate surface area is 187 Å². The maximum absolute atomic E-state index is 12.8. The molecule has 1 aliphatic heterocycles. The van der Waals surface area contributed by atoms with E-state index < -0.39 is 24.1 Å². The van der Waals surface area contributed by atoms with Gasteiger partial charge in [0.05, 0.1) is 23.7 Å². The number of phenols is 1. The molecular formula is C21H20ClN3O7. The molecule has 1 aliphatic rings. The topological polar surface area (TPSA) is 152 Å². The Morgan fingerprint density at radius 2 is 2.03 bits per heavy atom. The minimum atomic E-state index is -0.606. The zero-order valence-corrected chi connectivity index (χ0v) is 17.8. The molecular weight excluding hydrogens is 442 g/mol. The Morgan fingerprint density at radius 1 is 1.28 bits per heavy atom. The number of phenolic OH excluding ortho intramolecular Hbond substituents is 1. The second kappa shape index (κ2) is 9.56. The van der Waals surface area contributed by atoms with Gasteiger partial charge in [-0.25, -0.2) is 4.79 Å². The van der Waals surface area contributed by atoms with Crippen LogP contribution >= 0.6 is 11.6 Å². The van der Waals surface area contributed by atoms with Crippen LogP contribution in [-0.4, -0.2) is 58.5 Å². The standard InChI is InChI=1S/C21H20ClN3O7/c1-2-31-19(28)10-32-18-7-16(26)14(6-15(18)22)17(27)9-25-8-12-5-11(20(23)24-30)3-4-13(12)21(25)29/h3-7,26,30H,2,8-10H2,1H3,(H2,23,24). The van der Waals surface area contributed by atoms with E-state index in [1.165, 1.54) is 17.0 Å². The number of rotatable bonds is 8. The maximum atomic E-state index is 12.8. The summed E-state index contributed by atoms with van der Waals surface area (Å²) >= 11 is 6.12. The smallest absolute Gasteiger partial charge is 0.344 e. The van der Waals surface area contributed by atoms with Gasteiger partial charge in [0, 0.05) is 23.7 Å². The third-order valence-electron chi connectivity index (χ3n) is 4.72. The summed E-state index contributed by atoms with van der Waals surface area (Å²) in [5.41, 5.74) is 6.95. The molecule has 0 aromatic heterocycles. The van der Waals surface area contributed by atoms with E-state index >= 15 is 0 Å². The molecule has 10 nitrogen and oxygen atoms in total. The molecule has 0 saturated carbocycles. The lowest BCUT2D eigenvalue weighted by Gasteiger charge is -2.16. The third-order valence-corrected chi connectivity index (χ3v) is 5.02. The van der Waals surface area contributed by atoms with E-state index in [4.69, 9.17) is 32.0 Å². The van der Waals surface area contributed by atoms with Crippen LogP contribution in [-0.2, 0) is 16.1 Å². The van der Waals surface area contributed by atoms with Gasteiger partial charge in [-0.1, -0.05) is 22.8 Å². The first-order valence-electron chi connectivity index (χ1n) is 9.49. The zero-order valence-electron chi connectivity index (χ0n) is 17.0. The molecule has 4 N–H and O–H groups in total. The minimum Gasteiger partial charge on any atom is -0.507 e. The second-order valence-corrected chi connectivity index (χ2v) is 7.24. The van der Waals surface area contributed by atoms with Crippen molar-refractivity contribution in [2.75, 3.05) is 19.8 Å². The van der Waals surface area contributed by atoms with E-state index in [1.54, 1.807) is 19.1 Å². The number of oxime groups is 1. The van der Waals surface area contributed by atoms with E-state index in [9.17, 15) is 19.5 Å². The monoisotopic (exact) mass is 461 g/mol. The number of hydrogen-bond acceptors (Lipinski definition) is 8. The van der Waals surface area contributed by atoms with Crippen LogP contribution in [0.3, 0.4) is 0 Å². The van der Waals surface area contributed by atoms with Crippen LogP contribution in [0.5, 0.6) is 11.5 Å². The van der Waals surface area contributed by atoms with Crippen molar-refractivity contribution >= 4 is 35.1 Å². The molecule has 168 valence electrons. The summed E-state index contributed by atoms with van der Waals surface area (Å²) in [7, 11) is 0. The van der Waals surface area contributed by atoms with Crippen molar-refractivity contribution in [1.29, 1.82) is 0 Å². The zero-order chi connectivity index (χ0) is 23.4. The molecule has 0 spiro atoms. The van der Waals surface area contributed by atoms with Gasteiger partial charge < -0.3 is 30.4 Å². The lowest BCUT2D eigenvalue weighted by atomic mass is 10.1. The molecule has 0 saturated heterocycles. The van der Waals surface area contributed by atoms with Crippen LogP contribution in [0.2, 0.25) is 5.02 Å². The van der Waals surface area contributed by atoms with Crippen molar-refractivity contribution in [1.82, 2.24) is 4.90 Å². The molecule has 0 bridgehead atoms. The number of carbonyl (C=O) groups excluding carboxylic acids is 3. The number of hydrogen-bond donors (Lipinski definition) is 3. The van der Waals surface area contributed by atoms with Crippen LogP contribution in [0.15, 0.2) is 35.5 Å². The number of benzene rings is 2. The maximum Gasteiger partial charge on any atom is 0.344 e. The number of amides is 1. The van der Waals surface area contributed by atoms with E-state index in [2.05, 4.69) is 5.16 Å². The number of aromatic hydroxyl groups is 1. The quantitative estimate of drug-likeness (QED) is 0.135. The molecule has 2 aromatic carbocycles. The average Bonchev–Trinajstić information content (AvgIpc) is 3.08. The Hall–Kier alpha value is -3.79. The predicted molar refractivity (Wildman–Crippen MR) is 113 cm³/mol. The summed E-state index contributed by atoms with van der Waals surface area (Å²) in [6.07, 6.45) is 0. The van der Waals surface area contributed by atoms with Gasteiger partial charge in [-0.15, -0.1) is 0 Å². The predicted octanol–water partition coefficient (Wildman–Crippen LogP) is 1.92. The highest BCUT2D eigenvalue weighted by Crippen LogP contribution is 2.33. The fraction of sp³-hybridized carbons (Fsp3) is 0.238. The number of ketones is 1. The van der Waals surface area contributed by atoms with Crippen molar-refractivity contribution in [3.8, 4) is 11.5 Å². The Kier molecular flexibility index (Phi) is 6.84. The van der Waals surface area contributed by atoms with E-state index in [-0.39, 0.29) is 47.8 Å². The summed E-state index contributed by atoms with van der Waals surface area (Å²) in [6.45, 7) is 1.27. The van der Waals surface area contributed by atoms with Crippen LogP contribution in [0.25, 0.3) is 0 Å². The van der Waals surface area contributed by atoms with Gasteiger partial charge in [-0.3, -0.25) is 9.59 Å². The first kappa shape index (κ1) is 22.9. The van der Waals surface area contributed by atoms with Gasteiger partial charge in [0.25, 0.3) is 5.91 Å². The summed E-state index contributed by atoms with van der Waals surface area (Å²) in [5, 5.41) is 22.0. The molecule has 1 amide bonds. The van der Waals surface area contributed by atoms with Crippen LogP contribution in [0.1, 0.15) is 38.8 Å². The van der Waals surface area contributed by atoms with Crippen molar-refractivity contribution in [2.24, 2.45) is 10.9 Å². The van der Waals surface area contributed by atoms with Crippen LogP contribution < -0.4 is 10.5 Å². The average molecular weight is 462 g/mol. The van der Waals surface area contributed by atoms with E-state index in [0.29, 0.717) is 16.7 Å². The Morgan fingerprint density at radius 3 is 2.72 bits per heavy atom. The SMILES string of the molecule is CCOC(=O)COc1cc(O)c(C(=O)CN2Cc3cc(C(N)=NO)ccc3C2=O)cc1Cl. The van der Waals surface area contributed by atoms with Gasteiger partial charge in [-0.2, -0.15) is 0 Å². The Bertz CT molecular complexity index is 1120. The molecule has 0 unspecified atom stereocenters. The van der Waals surface area contributed by atoms with Gasteiger partial charge in [-0.05, 0) is 30.7 Å². The molecule has 0 fully saturated rings. The number of fused-ring (bicyclic) bond motifs is 1. The molecule has 0 radical (unpaired) electrons.